The predicted molar refractivity (Wildman–Crippen MR) is 43.2 cm³/mol. The molecule has 2 aliphatic carbocycles. The first-order valence-electron chi connectivity index (χ1n) is 3.93. The van der Waals surface area contributed by atoms with Crippen LogP contribution in [0.5, 0.6) is 0 Å². The van der Waals surface area contributed by atoms with E-state index in [1.165, 1.54) is 19.3 Å². The van der Waals surface area contributed by atoms with Crippen molar-refractivity contribution in [1.82, 2.24) is 0 Å². The SMILES string of the molecule is FC1(CBr)CC2(CCC2)C1. The van der Waals surface area contributed by atoms with E-state index in [0.29, 0.717) is 10.7 Å². The second kappa shape index (κ2) is 1.96. The van der Waals surface area contributed by atoms with Crippen LogP contribution in [0.15, 0.2) is 0 Å². The van der Waals surface area contributed by atoms with Gasteiger partial charge in [0, 0.05) is 5.33 Å². The predicted octanol–water partition coefficient (Wildman–Crippen LogP) is 3.05. The van der Waals surface area contributed by atoms with Crippen molar-refractivity contribution in [2.24, 2.45) is 5.41 Å². The summed E-state index contributed by atoms with van der Waals surface area (Å²) in [6, 6.07) is 0. The van der Waals surface area contributed by atoms with Gasteiger partial charge in [-0.15, -0.1) is 0 Å². The molecule has 0 atom stereocenters. The smallest absolute Gasteiger partial charge is 0.121 e. The van der Waals surface area contributed by atoms with Gasteiger partial charge in [0.15, 0.2) is 0 Å². The van der Waals surface area contributed by atoms with Crippen LogP contribution in [0.2, 0.25) is 0 Å². The topological polar surface area (TPSA) is 0 Å². The Bertz CT molecular complexity index is 136. The number of hydrogen-bond acceptors (Lipinski definition) is 0. The number of alkyl halides is 2. The summed E-state index contributed by atoms with van der Waals surface area (Å²) in [6.45, 7) is 0. The molecule has 0 amide bonds. The van der Waals surface area contributed by atoms with Crippen molar-refractivity contribution in [2.75, 3.05) is 5.33 Å². The van der Waals surface area contributed by atoms with Gasteiger partial charge in [0.1, 0.15) is 5.67 Å². The van der Waals surface area contributed by atoms with E-state index in [-0.39, 0.29) is 0 Å². The van der Waals surface area contributed by atoms with Gasteiger partial charge in [0.05, 0.1) is 0 Å². The molecule has 2 saturated carbocycles. The largest absolute Gasteiger partial charge is 0.243 e. The summed E-state index contributed by atoms with van der Waals surface area (Å²) in [6.07, 6.45) is 5.55. The van der Waals surface area contributed by atoms with Gasteiger partial charge in [-0.3, -0.25) is 0 Å². The van der Waals surface area contributed by atoms with Crippen molar-refractivity contribution in [1.29, 1.82) is 0 Å². The van der Waals surface area contributed by atoms with Crippen LogP contribution >= 0.6 is 15.9 Å². The molecule has 0 unspecified atom stereocenters. The molecule has 0 saturated heterocycles. The minimum absolute atomic E-state index is 0.475. The summed E-state index contributed by atoms with van der Waals surface area (Å²) in [5, 5.41) is 0.543. The molecule has 0 nitrogen and oxygen atoms in total. The highest BCUT2D eigenvalue weighted by atomic mass is 79.9. The zero-order chi connectivity index (χ0) is 7.24. The zero-order valence-corrected chi connectivity index (χ0v) is 7.58. The van der Waals surface area contributed by atoms with E-state index in [1.807, 2.05) is 0 Å². The van der Waals surface area contributed by atoms with Crippen molar-refractivity contribution in [3.8, 4) is 0 Å². The van der Waals surface area contributed by atoms with Crippen molar-refractivity contribution in [3.05, 3.63) is 0 Å². The van der Waals surface area contributed by atoms with E-state index in [1.54, 1.807) is 0 Å². The minimum atomic E-state index is -0.833. The molecule has 58 valence electrons. The normalized spacial score (nSPS) is 33.0. The lowest BCUT2D eigenvalue weighted by atomic mass is 9.51. The van der Waals surface area contributed by atoms with Crippen molar-refractivity contribution in [3.63, 3.8) is 0 Å². The molecule has 0 aromatic rings. The average molecular weight is 207 g/mol. The molecule has 2 rings (SSSR count). The first kappa shape index (κ1) is 7.08. The Morgan fingerprint density at radius 1 is 1.30 bits per heavy atom. The summed E-state index contributed by atoms with van der Waals surface area (Å²) < 4.78 is 13.3. The summed E-state index contributed by atoms with van der Waals surface area (Å²) in [5.74, 6) is 0. The Kier molecular flexibility index (Phi) is 1.39. The molecule has 0 radical (unpaired) electrons. The van der Waals surface area contributed by atoms with Gasteiger partial charge in [-0.25, -0.2) is 4.39 Å². The molecular formula is C8H12BrF. The van der Waals surface area contributed by atoms with Crippen LogP contribution in [0.3, 0.4) is 0 Å². The lowest BCUT2D eigenvalue weighted by Crippen LogP contribution is -2.53. The lowest BCUT2D eigenvalue weighted by Gasteiger charge is -2.57. The third kappa shape index (κ3) is 0.843. The van der Waals surface area contributed by atoms with Gasteiger partial charge in [0.2, 0.25) is 0 Å². The van der Waals surface area contributed by atoms with Crippen LogP contribution in [0.4, 0.5) is 4.39 Å². The van der Waals surface area contributed by atoms with Gasteiger partial charge in [-0.05, 0) is 31.1 Å². The molecule has 2 fully saturated rings. The maximum atomic E-state index is 13.3. The summed E-state index contributed by atoms with van der Waals surface area (Å²) >= 11 is 3.21. The van der Waals surface area contributed by atoms with Crippen LogP contribution < -0.4 is 0 Å². The molecule has 0 aliphatic heterocycles. The monoisotopic (exact) mass is 206 g/mol. The third-order valence-corrected chi connectivity index (χ3v) is 4.04. The fraction of sp³-hybridized carbons (Fsp3) is 1.00. The number of rotatable bonds is 1. The molecule has 0 aromatic heterocycles. The average Bonchev–Trinajstić information content (AvgIpc) is 1.77. The molecule has 0 N–H and O–H groups in total. The Morgan fingerprint density at radius 3 is 2.20 bits per heavy atom. The summed E-state index contributed by atoms with van der Waals surface area (Å²) in [5.41, 5.74) is -0.358. The lowest BCUT2D eigenvalue weighted by molar-refractivity contribution is -0.0991. The Morgan fingerprint density at radius 2 is 1.90 bits per heavy atom. The van der Waals surface area contributed by atoms with E-state index >= 15 is 0 Å². The first-order valence-corrected chi connectivity index (χ1v) is 5.05. The standard InChI is InChI=1S/C8H12BrF/c9-6-8(10)4-7(5-8)2-1-3-7/h1-6H2. The number of hydrogen-bond donors (Lipinski definition) is 0. The summed E-state index contributed by atoms with van der Waals surface area (Å²) in [7, 11) is 0. The molecule has 2 aliphatic rings. The quantitative estimate of drug-likeness (QED) is 0.579. The van der Waals surface area contributed by atoms with E-state index in [2.05, 4.69) is 15.9 Å². The first-order chi connectivity index (χ1) is 4.68. The van der Waals surface area contributed by atoms with Crippen molar-refractivity contribution in [2.45, 2.75) is 37.8 Å². The molecule has 0 bridgehead atoms. The summed E-state index contributed by atoms with van der Waals surface area (Å²) in [4.78, 5) is 0. The Hall–Kier alpha value is 0.410. The van der Waals surface area contributed by atoms with Crippen LogP contribution in [0.25, 0.3) is 0 Å². The van der Waals surface area contributed by atoms with Crippen LogP contribution in [-0.4, -0.2) is 11.0 Å². The maximum Gasteiger partial charge on any atom is 0.121 e. The molecule has 0 heterocycles. The van der Waals surface area contributed by atoms with Gasteiger partial charge in [-0.2, -0.15) is 0 Å². The third-order valence-electron chi connectivity index (χ3n) is 3.04. The Labute approximate surface area is 69.3 Å². The second-order valence-electron chi connectivity index (χ2n) is 3.99. The van der Waals surface area contributed by atoms with E-state index in [4.69, 9.17) is 0 Å². The highest BCUT2D eigenvalue weighted by Crippen LogP contribution is 2.62. The van der Waals surface area contributed by atoms with E-state index in [0.717, 1.165) is 12.8 Å². The Balaban J connectivity index is 1.92. The van der Waals surface area contributed by atoms with Gasteiger partial charge < -0.3 is 0 Å². The highest BCUT2D eigenvalue weighted by Gasteiger charge is 2.57. The maximum absolute atomic E-state index is 13.3. The van der Waals surface area contributed by atoms with Crippen LogP contribution in [0.1, 0.15) is 32.1 Å². The highest BCUT2D eigenvalue weighted by molar-refractivity contribution is 9.09. The van der Waals surface area contributed by atoms with Crippen molar-refractivity contribution >= 4 is 15.9 Å². The molecule has 1 spiro atoms. The van der Waals surface area contributed by atoms with E-state index in [9.17, 15) is 4.39 Å². The molecule has 10 heavy (non-hydrogen) atoms. The van der Waals surface area contributed by atoms with Gasteiger partial charge in [0.25, 0.3) is 0 Å². The van der Waals surface area contributed by atoms with E-state index < -0.39 is 5.67 Å². The van der Waals surface area contributed by atoms with Gasteiger partial charge in [-0.1, -0.05) is 22.4 Å². The fourth-order valence-electron chi connectivity index (χ4n) is 2.42. The second-order valence-corrected chi connectivity index (χ2v) is 4.55. The van der Waals surface area contributed by atoms with Gasteiger partial charge >= 0.3 is 0 Å². The number of halogens is 2. The molecule has 0 aromatic carbocycles. The minimum Gasteiger partial charge on any atom is -0.243 e. The van der Waals surface area contributed by atoms with Crippen LogP contribution in [-0.2, 0) is 0 Å². The molecule has 2 heteroatoms. The molecular weight excluding hydrogens is 195 g/mol. The van der Waals surface area contributed by atoms with Crippen LogP contribution in [0, 0.1) is 5.41 Å². The fourth-order valence-corrected chi connectivity index (χ4v) is 2.81. The zero-order valence-electron chi connectivity index (χ0n) is 6.00. The van der Waals surface area contributed by atoms with Crippen molar-refractivity contribution < 1.29 is 4.39 Å².